The Balaban J connectivity index is 2.16. The molecule has 0 unspecified atom stereocenters. The van der Waals surface area contributed by atoms with Gasteiger partial charge in [-0.15, -0.1) is 6.58 Å². The van der Waals surface area contributed by atoms with Crippen molar-refractivity contribution < 1.29 is 28.5 Å². The van der Waals surface area contributed by atoms with Crippen LogP contribution in [-0.2, 0) is 25.3 Å². The van der Waals surface area contributed by atoms with E-state index in [2.05, 4.69) is 47.4 Å². The molecule has 0 aliphatic carbocycles. The minimum absolute atomic E-state index is 0.0167. The molecule has 6 nitrogen and oxygen atoms in total. The summed E-state index contributed by atoms with van der Waals surface area (Å²) in [5.74, 6) is -0.242. The van der Waals surface area contributed by atoms with Gasteiger partial charge in [0.1, 0.15) is 5.75 Å². The molecule has 0 radical (unpaired) electrons. The number of benzene rings is 1. The van der Waals surface area contributed by atoms with Gasteiger partial charge in [0.25, 0.3) is 0 Å². The van der Waals surface area contributed by atoms with Crippen molar-refractivity contribution in [3.63, 3.8) is 0 Å². The lowest BCUT2D eigenvalue weighted by Gasteiger charge is -2.43. The maximum absolute atomic E-state index is 11.6. The Morgan fingerprint density at radius 3 is 2.35 bits per heavy atom. The highest BCUT2D eigenvalue weighted by Gasteiger charge is 2.42. The van der Waals surface area contributed by atoms with Crippen molar-refractivity contribution in [2.75, 3.05) is 7.11 Å². The normalized spacial score (nSPS) is 23.2. The fourth-order valence-corrected chi connectivity index (χ4v) is 6.09. The molecule has 0 aromatic heterocycles. The van der Waals surface area contributed by atoms with Crippen LogP contribution < -0.4 is 4.74 Å². The number of carboxylic acid groups (broad SMARTS) is 1. The SMILES string of the molecule is C=CC[C@@H]1C[C@H](OCc2ccc(OC)cc2)C[C@H](C[C@H](O[Si](C)(C)C(C)(C)C)[C@@H](C)C[C@H](C)C(=O)O)O1. The monoisotopic (exact) mass is 534 g/mol. The molecule has 37 heavy (non-hydrogen) atoms. The van der Waals surface area contributed by atoms with Gasteiger partial charge >= 0.3 is 5.97 Å². The Labute approximate surface area is 225 Å². The minimum Gasteiger partial charge on any atom is -0.497 e. The number of carbonyl (C=O) groups is 1. The summed E-state index contributed by atoms with van der Waals surface area (Å²) in [7, 11) is -0.405. The summed E-state index contributed by atoms with van der Waals surface area (Å²) in [6, 6.07) is 7.97. The first kappa shape index (κ1) is 31.5. The van der Waals surface area contributed by atoms with Crippen molar-refractivity contribution in [3.8, 4) is 5.75 Å². The second-order valence-electron chi connectivity index (χ2n) is 12.3. The molecule has 6 atom stereocenters. The second-order valence-corrected chi connectivity index (χ2v) is 17.0. The van der Waals surface area contributed by atoms with Crippen LogP contribution >= 0.6 is 0 Å². The number of rotatable bonds is 14. The van der Waals surface area contributed by atoms with E-state index in [0.29, 0.717) is 13.0 Å². The van der Waals surface area contributed by atoms with Gasteiger partial charge in [-0.1, -0.05) is 52.8 Å². The largest absolute Gasteiger partial charge is 0.497 e. The van der Waals surface area contributed by atoms with Crippen molar-refractivity contribution >= 4 is 14.3 Å². The van der Waals surface area contributed by atoms with Crippen LogP contribution in [0.4, 0.5) is 0 Å². The van der Waals surface area contributed by atoms with E-state index in [4.69, 9.17) is 18.6 Å². The van der Waals surface area contributed by atoms with Crippen LogP contribution in [0.25, 0.3) is 0 Å². The zero-order valence-corrected chi connectivity index (χ0v) is 25.3. The van der Waals surface area contributed by atoms with Gasteiger partial charge < -0.3 is 23.7 Å². The van der Waals surface area contributed by atoms with Crippen LogP contribution in [0, 0.1) is 11.8 Å². The lowest BCUT2D eigenvalue weighted by atomic mass is 9.88. The second kappa shape index (κ2) is 13.9. The number of hydrogen-bond donors (Lipinski definition) is 1. The Kier molecular flexibility index (Phi) is 11.9. The molecule has 1 aromatic carbocycles. The van der Waals surface area contributed by atoms with Crippen LogP contribution in [0.1, 0.15) is 72.3 Å². The molecule has 1 fully saturated rings. The quantitative estimate of drug-likeness (QED) is 0.200. The van der Waals surface area contributed by atoms with Gasteiger partial charge in [0, 0.05) is 6.42 Å². The molecule has 1 heterocycles. The van der Waals surface area contributed by atoms with E-state index in [0.717, 1.165) is 37.0 Å². The molecule has 0 amide bonds. The van der Waals surface area contributed by atoms with Crippen LogP contribution in [0.3, 0.4) is 0 Å². The standard InChI is InChI=1S/C30H50O6Si/c1-10-11-25-17-26(34-20-23-12-14-24(33-7)15-13-23)18-27(35-25)19-28(21(2)16-22(3)29(31)32)36-37(8,9)30(4,5)6/h10,12-15,21-22,25-28H,1,11,16-20H2,2-9H3,(H,31,32)/t21-,22-,25+,26-,27+,28-/m0/s1. The fraction of sp³-hybridized carbons (Fsp3) is 0.700. The summed E-state index contributed by atoms with van der Waals surface area (Å²) >= 11 is 0. The first-order chi connectivity index (χ1) is 17.3. The zero-order valence-electron chi connectivity index (χ0n) is 24.3. The van der Waals surface area contributed by atoms with Gasteiger partial charge in [0.15, 0.2) is 8.32 Å². The van der Waals surface area contributed by atoms with E-state index in [1.54, 1.807) is 14.0 Å². The number of carboxylic acids is 1. The zero-order chi connectivity index (χ0) is 27.8. The van der Waals surface area contributed by atoms with E-state index in [9.17, 15) is 9.90 Å². The van der Waals surface area contributed by atoms with Crippen LogP contribution in [0.15, 0.2) is 36.9 Å². The van der Waals surface area contributed by atoms with E-state index in [1.807, 2.05) is 30.3 Å². The van der Waals surface area contributed by atoms with E-state index in [1.165, 1.54) is 0 Å². The molecular weight excluding hydrogens is 484 g/mol. The van der Waals surface area contributed by atoms with Crippen LogP contribution in [-0.4, -0.2) is 50.9 Å². The van der Waals surface area contributed by atoms with Gasteiger partial charge in [-0.25, -0.2) is 0 Å². The van der Waals surface area contributed by atoms with Gasteiger partial charge in [-0.2, -0.15) is 0 Å². The van der Waals surface area contributed by atoms with E-state index < -0.39 is 20.2 Å². The topological polar surface area (TPSA) is 74.2 Å². The van der Waals surface area contributed by atoms with Crippen molar-refractivity contribution in [1.82, 2.24) is 0 Å². The minimum atomic E-state index is -2.07. The van der Waals surface area contributed by atoms with Crippen LogP contribution in [0.5, 0.6) is 5.75 Å². The van der Waals surface area contributed by atoms with Crippen molar-refractivity contribution in [1.29, 1.82) is 0 Å². The van der Waals surface area contributed by atoms with Crippen molar-refractivity contribution in [3.05, 3.63) is 42.5 Å². The molecule has 0 saturated carbocycles. The third-order valence-electron chi connectivity index (χ3n) is 8.04. The third-order valence-corrected chi connectivity index (χ3v) is 12.5. The highest BCUT2D eigenvalue weighted by Crippen LogP contribution is 2.40. The molecule has 1 saturated heterocycles. The Bertz CT molecular complexity index is 847. The van der Waals surface area contributed by atoms with E-state index in [-0.39, 0.29) is 35.4 Å². The Hall–Kier alpha value is -1.67. The predicted octanol–water partition coefficient (Wildman–Crippen LogP) is 7.23. The summed E-state index contributed by atoms with van der Waals surface area (Å²) in [5, 5.41) is 9.58. The molecule has 1 N–H and O–H groups in total. The number of ether oxygens (including phenoxy) is 3. The molecule has 210 valence electrons. The average molecular weight is 535 g/mol. The molecule has 1 aliphatic rings. The molecule has 7 heteroatoms. The van der Waals surface area contributed by atoms with Gasteiger partial charge in [-0.3, -0.25) is 4.79 Å². The molecule has 1 aliphatic heterocycles. The third kappa shape index (κ3) is 9.86. The van der Waals surface area contributed by atoms with E-state index >= 15 is 0 Å². The maximum atomic E-state index is 11.6. The number of hydrogen-bond acceptors (Lipinski definition) is 5. The van der Waals surface area contributed by atoms with Gasteiger partial charge in [-0.05, 0) is 67.4 Å². The fourth-order valence-electron chi connectivity index (χ4n) is 4.65. The van der Waals surface area contributed by atoms with Crippen molar-refractivity contribution in [2.24, 2.45) is 11.8 Å². The Morgan fingerprint density at radius 1 is 1.19 bits per heavy atom. The lowest BCUT2D eigenvalue weighted by Crippen LogP contribution is -2.48. The summed E-state index contributed by atoms with van der Waals surface area (Å²) in [6.45, 7) is 19.6. The molecule has 2 rings (SSSR count). The van der Waals surface area contributed by atoms with Crippen LogP contribution in [0.2, 0.25) is 18.1 Å². The first-order valence-corrected chi connectivity index (χ1v) is 16.6. The molecule has 1 aromatic rings. The highest BCUT2D eigenvalue weighted by atomic mass is 28.4. The maximum Gasteiger partial charge on any atom is 0.306 e. The predicted molar refractivity (Wildman–Crippen MR) is 152 cm³/mol. The lowest BCUT2D eigenvalue weighted by molar-refractivity contribution is -0.142. The molecule has 0 bridgehead atoms. The highest BCUT2D eigenvalue weighted by molar-refractivity contribution is 6.74. The van der Waals surface area contributed by atoms with Gasteiger partial charge in [0.05, 0.1) is 44.1 Å². The van der Waals surface area contributed by atoms with Crippen molar-refractivity contribution in [2.45, 2.75) is 116 Å². The number of methoxy groups -OCH3 is 1. The first-order valence-electron chi connectivity index (χ1n) is 13.7. The van der Waals surface area contributed by atoms with Gasteiger partial charge in [0.2, 0.25) is 0 Å². The summed E-state index contributed by atoms with van der Waals surface area (Å²) in [6.07, 6.45) is 5.67. The smallest absolute Gasteiger partial charge is 0.306 e. The average Bonchev–Trinajstić information content (AvgIpc) is 2.81. The Morgan fingerprint density at radius 2 is 1.81 bits per heavy atom. The molecular formula is C30H50O6Si. The summed E-state index contributed by atoms with van der Waals surface area (Å²) in [4.78, 5) is 11.6. The molecule has 0 spiro atoms. The summed E-state index contributed by atoms with van der Waals surface area (Å²) < 4.78 is 25.1. The number of aliphatic carboxylic acids is 1. The summed E-state index contributed by atoms with van der Waals surface area (Å²) in [5.41, 5.74) is 1.11.